The lowest BCUT2D eigenvalue weighted by Crippen LogP contribution is -2.65. The highest BCUT2D eigenvalue weighted by atomic mass is 16.7. The van der Waals surface area contributed by atoms with Gasteiger partial charge in [0.1, 0.15) is 24.4 Å². The third-order valence-electron chi connectivity index (χ3n) is 13.1. The quantitative estimate of drug-likeness (QED) is 0.129. The van der Waals surface area contributed by atoms with Crippen molar-refractivity contribution in [3.8, 4) is 0 Å². The van der Waals surface area contributed by atoms with Crippen molar-refractivity contribution >= 4 is 5.97 Å². The number of ether oxygens (including phenoxy) is 2. The molecule has 4 aliphatic rings. The van der Waals surface area contributed by atoms with Gasteiger partial charge in [0.05, 0.1) is 23.9 Å². The summed E-state index contributed by atoms with van der Waals surface area (Å²) in [4.78, 5) is 11.9. The summed E-state index contributed by atoms with van der Waals surface area (Å²) in [6, 6.07) is 0. The van der Waals surface area contributed by atoms with Crippen LogP contribution in [0.4, 0.5) is 0 Å². The Morgan fingerprint density at radius 1 is 1.02 bits per heavy atom. The summed E-state index contributed by atoms with van der Waals surface area (Å²) >= 11 is 0. The summed E-state index contributed by atoms with van der Waals surface area (Å²) in [6.07, 6.45) is 0.445. The second-order valence-corrected chi connectivity index (χ2v) is 16.6. The Morgan fingerprint density at radius 3 is 2.22 bits per heavy atom. The minimum Gasteiger partial charge on any atom is -0.481 e. The van der Waals surface area contributed by atoms with Crippen LogP contribution in [0.15, 0.2) is 24.3 Å². The summed E-state index contributed by atoms with van der Waals surface area (Å²) < 4.78 is 12.6. The lowest BCUT2D eigenvalue weighted by Gasteiger charge is -2.68. The van der Waals surface area contributed by atoms with Crippen molar-refractivity contribution in [3.63, 3.8) is 0 Å². The minimum atomic E-state index is -1.59. The lowest BCUT2D eigenvalue weighted by atomic mass is 9.37. The molecule has 4 fully saturated rings. The van der Waals surface area contributed by atoms with Crippen LogP contribution in [0.25, 0.3) is 0 Å². The number of hydrogen-bond acceptors (Lipinski definition) is 9. The number of allylic oxidation sites excluding steroid dienone is 1. The van der Waals surface area contributed by atoms with Crippen molar-refractivity contribution in [2.45, 2.75) is 148 Å². The van der Waals surface area contributed by atoms with E-state index in [-0.39, 0.29) is 40.9 Å². The van der Waals surface area contributed by atoms with Crippen LogP contribution in [0, 0.1) is 39.9 Å². The van der Waals surface area contributed by atoms with Gasteiger partial charge in [-0.15, -0.1) is 0 Å². The Balaban J connectivity index is 1.81. The number of carboxylic acid groups (broad SMARTS) is 1. The van der Waals surface area contributed by atoms with Gasteiger partial charge in [0.15, 0.2) is 6.29 Å². The van der Waals surface area contributed by atoms with Gasteiger partial charge in [-0.1, -0.05) is 45.1 Å². The molecule has 0 spiro atoms. The Hall–Kier alpha value is -1.37. The molecule has 1 unspecified atom stereocenters. The minimum absolute atomic E-state index is 0.00437. The Kier molecular flexibility index (Phi) is 10.7. The van der Waals surface area contributed by atoms with Gasteiger partial charge in [0, 0.05) is 6.42 Å². The molecule has 3 saturated carbocycles. The molecule has 14 atom stereocenters. The lowest BCUT2D eigenvalue weighted by molar-refractivity contribution is -0.332. The van der Waals surface area contributed by atoms with E-state index >= 15 is 0 Å². The maximum absolute atomic E-state index is 12.1. The van der Waals surface area contributed by atoms with Crippen LogP contribution in [-0.4, -0.2) is 96.3 Å². The number of carbonyl (C=O) groups is 1. The monoisotopic (exact) mass is 652 g/mol. The zero-order chi connectivity index (χ0) is 34.6. The molecule has 1 aliphatic heterocycles. The average molecular weight is 653 g/mol. The molecule has 0 aromatic heterocycles. The molecule has 0 radical (unpaired) electrons. The van der Waals surface area contributed by atoms with E-state index in [0.717, 1.165) is 31.3 Å². The summed E-state index contributed by atoms with van der Waals surface area (Å²) in [5.41, 5.74) is -2.17. The largest absolute Gasteiger partial charge is 0.481 e. The molecule has 7 N–H and O–H groups in total. The number of carboxylic acids is 1. The fourth-order valence-electron chi connectivity index (χ4n) is 10.6. The van der Waals surface area contributed by atoms with E-state index in [9.17, 15) is 40.5 Å². The zero-order valence-electron chi connectivity index (χ0n) is 28.9. The number of hydrogen-bond donors (Lipinski definition) is 7. The van der Waals surface area contributed by atoms with Gasteiger partial charge in [0.25, 0.3) is 0 Å². The van der Waals surface area contributed by atoms with Crippen molar-refractivity contribution in [1.82, 2.24) is 0 Å². The summed E-state index contributed by atoms with van der Waals surface area (Å²) in [6.45, 7) is 17.8. The predicted octanol–water partition coefficient (Wildman–Crippen LogP) is 3.56. The molecule has 0 amide bonds. The van der Waals surface area contributed by atoms with Crippen molar-refractivity contribution in [2.75, 3.05) is 6.61 Å². The summed E-state index contributed by atoms with van der Waals surface area (Å²) in [5, 5.41) is 74.1. The van der Waals surface area contributed by atoms with Crippen molar-refractivity contribution in [1.29, 1.82) is 0 Å². The Morgan fingerprint density at radius 2 is 1.65 bits per heavy atom. The SMILES string of the molecule is C=C(C)[C@@H]1CC[C@]2(C)C(C[C@@H](O[C@@H]3O[C@H](CO)[C@@H](O)[C@H](O)[C@H]3O)[C@@H]3[C@@H]([C@@](C)(O)C/C=C/C(C)(C)O)CC[C@]32C)[C@@]1(C)CCC(=O)O. The normalized spacial score (nSPS) is 46.0. The molecular formula is C36H60O10. The van der Waals surface area contributed by atoms with Crippen LogP contribution >= 0.6 is 0 Å². The maximum Gasteiger partial charge on any atom is 0.303 e. The van der Waals surface area contributed by atoms with Gasteiger partial charge in [-0.2, -0.15) is 0 Å². The molecule has 4 rings (SSSR count). The molecule has 10 nitrogen and oxygen atoms in total. The van der Waals surface area contributed by atoms with Gasteiger partial charge in [0.2, 0.25) is 0 Å². The maximum atomic E-state index is 12.1. The molecule has 264 valence electrons. The Labute approximate surface area is 274 Å². The third-order valence-corrected chi connectivity index (χ3v) is 13.1. The first-order valence-electron chi connectivity index (χ1n) is 17.1. The van der Waals surface area contributed by atoms with Crippen molar-refractivity contribution in [2.24, 2.45) is 39.9 Å². The second kappa shape index (κ2) is 13.2. The molecule has 1 heterocycles. The standard InChI is InChI=1S/C36H60O10/c1-20(2)21-10-16-34(6)25(33(21,5)15-12-26(38)39)18-23(45-31-30(42)29(41)28(40)24(19-37)46-31)27-22(11-17-35(27,34)7)36(8,44)14-9-13-32(3,4)43/h9,13,21-25,27-31,37,40-44H,1,10-12,14-19H2,2-8H3,(H,38,39)/b13-9+/t21-,22-,23+,24+,25?,27-,28+,29-,30+,31+,33-,34+,35+,36-/m0/s1. The van der Waals surface area contributed by atoms with Crippen LogP contribution in [0.5, 0.6) is 0 Å². The number of rotatable bonds is 11. The highest BCUT2D eigenvalue weighted by molar-refractivity contribution is 5.66. The second-order valence-electron chi connectivity index (χ2n) is 16.6. The molecule has 0 aromatic rings. The molecule has 10 heteroatoms. The van der Waals surface area contributed by atoms with E-state index in [1.54, 1.807) is 19.9 Å². The first-order valence-corrected chi connectivity index (χ1v) is 17.1. The topological polar surface area (TPSA) is 177 Å². The van der Waals surface area contributed by atoms with E-state index in [4.69, 9.17) is 9.47 Å². The number of fused-ring (bicyclic) bond motifs is 3. The highest BCUT2D eigenvalue weighted by Gasteiger charge is 2.70. The molecule has 0 bridgehead atoms. The Bertz CT molecular complexity index is 1140. The van der Waals surface area contributed by atoms with E-state index in [1.807, 2.05) is 19.9 Å². The summed E-state index contributed by atoms with van der Waals surface area (Å²) in [7, 11) is 0. The van der Waals surface area contributed by atoms with Crippen LogP contribution < -0.4 is 0 Å². The van der Waals surface area contributed by atoms with Crippen molar-refractivity contribution < 1.29 is 50.0 Å². The van der Waals surface area contributed by atoms with E-state index in [1.165, 1.54) is 0 Å². The first kappa shape index (κ1) is 37.4. The summed E-state index contributed by atoms with van der Waals surface area (Å²) in [5.74, 6) is -1.16. The van der Waals surface area contributed by atoms with Crippen LogP contribution in [0.1, 0.15) is 99.8 Å². The zero-order valence-corrected chi connectivity index (χ0v) is 28.9. The number of aliphatic hydroxyl groups is 6. The van der Waals surface area contributed by atoms with Crippen LogP contribution in [-0.2, 0) is 14.3 Å². The number of aliphatic hydroxyl groups excluding tert-OH is 4. The van der Waals surface area contributed by atoms with Crippen molar-refractivity contribution in [3.05, 3.63) is 24.3 Å². The first-order chi connectivity index (χ1) is 21.1. The molecular weight excluding hydrogens is 592 g/mol. The van der Waals surface area contributed by atoms with Crippen LogP contribution in [0.2, 0.25) is 0 Å². The fourth-order valence-corrected chi connectivity index (χ4v) is 10.6. The van der Waals surface area contributed by atoms with Gasteiger partial charge >= 0.3 is 5.97 Å². The fraction of sp³-hybridized carbons (Fsp3) is 0.861. The predicted molar refractivity (Wildman–Crippen MR) is 172 cm³/mol. The molecule has 0 aromatic carbocycles. The molecule has 1 saturated heterocycles. The van der Waals surface area contributed by atoms with E-state index in [0.29, 0.717) is 19.3 Å². The number of aliphatic carboxylic acids is 1. The average Bonchev–Trinajstić information content (AvgIpc) is 3.32. The van der Waals surface area contributed by atoms with E-state index in [2.05, 4.69) is 27.4 Å². The van der Waals surface area contributed by atoms with Gasteiger partial charge in [-0.25, -0.2) is 0 Å². The van der Waals surface area contributed by atoms with Crippen LogP contribution in [0.3, 0.4) is 0 Å². The van der Waals surface area contributed by atoms with Gasteiger partial charge < -0.3 is 45.2 Å². The molecule has 46 heavy (non-hydrogen) atoms. The molecule has 3 aliphatic carbocycles. The third kappa shape index (κ3) is 6.62. The van der Waals surface area contributed by atoms with Gasteiger partial charge in [-0.3, -0.25) is 4.79 Å². The van der Waals surface area contributed by atoms with E-state index < -0.39 is 66.0 Å². The van der Waals surface area contributed by atoms with Gasteiger partial charge in [-0.05, 0) is 113 Å². The highest BCUT2D eigenvalue weighted by Crippen LogP contribution is 2.74. The smallest absolute Gasteiger partial charge is 0.303 e.